The number of rotatable bonds is 10. The van der Waals surface area contributed by atoms with Crippen LogP contribution in [0.4, 0.5) is 5.82 Å². The van der Waals surface area contributed by atoms with Gasteiger partial charge in [0.15, 0.2) is 0 Å². The van der Waals surface area contributed by atoms with Gasteiger partial charge in [-0.3, -0.25) is 18.8 Å². The fourth-order valence-electron chi connectivity index (χ4n) is 4.03. The van der Waals surface area contributed by atoms with Crippen molar-refractivity contribution >= 4 is 40.9 Å². The number of carboxylic acids is 1. The summed E-state index contributed by atoms with van der Waals surface area (Å²) in [6.45, 7) is 3.85. The van der Waals surface area contributed by atoms with Gasteiger partial charge in [-0.1, -0.05) is 53.6 Å². The van der Waals surface area contributed by atoms with Crippen LogP contribution in [0.15, 0.2) is 66.9 Å². The Bertz CT molecular complexity index is 1480. The van der Waals surface area contributed by atoms with Crippen LogP contribution in [0.25, 0.3) is 16.9 Å². The third-order valence-electron chi connectivity index (χ3n) is 5.86. The Balaban J connectivity index is 1.67. The number of aryl methyl sites for hydroxylation is 1. The third-order valence-corrected chi connectivity index (χ3v) is 6.09. The molecule has 2 heterocycles. The standard InChI is InChI=1S/C28H27ClN4O5/c1-3-38-25(36)16-30-27-26(19-5-4-6-21(29)13-19)32-23-14-20(11-12-33(23)27)28(37)31-22(15-24(34)35)18-9-7-17(2)8-10-18/h4-14,22,30H,3,15-16H2,1-2H3,(H,31,37)(H,34,35). The second-order valence-electron chi connectivity index (χ2n) is 8.66. The fraction of sp³-hybridized carbons (Fsp3) is 0.214. The maximum absolute atomic E-state index is 13.2. The van der Waals surface area contributed by atoms with E-state index in [4.69, 9.17) is 21.3 Å². The third kappa shape index (κ3) is 6.30. The Labute approximate surface area is 224 Å². The number of nitrogens with one attached hydrogen (secondary N) is 2. The molecule has 0 aliphatic carbocycles. The lowest BCUT2D eigenvalue weighted by molar-refractivity contribution is -0.141. The van der Waals surface area contributed by atoms with Crippen molar-refractivity contribution in [3.63, 3.8) is 0 Å². The van der Waals surface area contributed by atoms with E-state index in [0.29, 0.717) is 33.3 Å². The topological polar surface area (TPSA) is 122 Å². The first-order chi connectivity index (χ1) is 18.2. The summed E-state index contributed by atoms with van der Waals surface area (Å²) in [5, 5.41) is 15.8. The molecule has 0 aliphatic rings. The van der Waals surface area contributed by atoms with Crippen LogP contribution >= 0.6 is 11.6 Å². The number of carbonyl (C=O) groups excluding carboxylic acids is 2. The number of carboxylic acid groups (broad SMARTS) is 1. The molecule has 2 aromatic carbocycles. The minimum absolute atomic E-state index is 0.0785. The fourth-order valence-corrected chi connectivity index (χ4v) is 4.22. The largest absolute Gasteiger partial charge is 0.481 e. The minimum Gasteiger partial charge on any atom is -0.481 e. The lowest BCUT2D eigenvalue weighted by Gasteiger charge is -2.18. The molecular weight excluding hydrogens is 508 g/mol. The Morgan fingerprint density at radius 2 is 1.87 bits per heavy atom. The normalized spacial score (nSPS) is 11.7. The molecule has 0 fully saturated rings. The number of anilines is 1. The molecule has 1 atom stereocenters. The zero-order valence-electron chi connectivity index (χ0n) is 20.9. The van der Waals surface area contributed by atoms with Crippen LogP contribution < -0.4 is 10.6 Å². The van der Waals surface area contributed by atoms with Gasteiger partial charge in [-0.05, 0) is 43.7 Å². The number of fused-ring (bicyclic) bond motifs is 1. The van der Waals surface area contributed by atoms with Gasteiger partial charge in [-0.25, -0.2) is 4.98 Å². The lowest BCUT2D eigenvalue weighted by atomic mass is 10.0. The van der Waals surface area contributed by atoms with Crippen LogP contribution in [0.2, 0.25) is 5.02 Å². The quantitative estimate of drug-likeness (QED) is 0.248. The van der Waals surface area contributed by atoms with Crippen molar-refractivity contribution in [1.82, 2.24) is 14.7 Å². The summed E-state index contributed by atoms with van der Waals surface area (Å²) in [5.74, 6) is -1.35. The zero-order chi connectivity index (χ0) is 27.2. The molecule has 1 unspecified atom stereocenters. The smallest absolute Gasteiger partial charge is 0.325 e. The van der Waals surface area contributed by atoms with Gasteiger partial charge >= 0.3 is 11.9 Å². The molecule has 0 aliphatic heterocycles. The van der Waals surface area contributed by atoms with Gasteiger partial charge in [0, 0.05) is 22.3 Å². The number of hydrogen-bond donors (Lipinski definition) is 3. The number of benzene rings is 2. The summed E-state index contributed by atoms with van der Waals surface area (Å²) >= 11 is 6.20. The molecule has 0 bridgehead atoms. The van der Waals surface area contributed by atoms with Crippen LogP contribution in [0, 0.1) is 6.92 Å². The zero-order valence-corrected chi connectivity index (χ0v) is 21.7. The minimum atomic E-state index is -1.02. The summed E-state index contributed by atoms with van der Waals surface area (Å²) in [6, 6.07) is 17.0. The lowest BCUT2D eigenvalue weighted by Crippen LogP contribution is -2.30. The number of hydrogen-bond acceptors (Lipinski definition) is 6. The number of carbonyl (C=O) groups is 3. The Morgan fingerprint density at radius 3 is 2.55 bits per heavy atom. The average molecular weight is 535 g/mol. The molecule has 4 aromatic rings. The van der Waals surface area contributed by atoms with E-state index in [2.05, 4.69) is 10.6 Å². The number of aromatic nitrogens is 2. The maximum Gasteiger partial charge on any atom is 0.325 e. The highest BCUT2D eigenvalue weighted by Crippen LogP contribution is 2.31. The molecule has 2 aromatic heterocycles. The van der Waals surface area contributed by atoms with Crippen molar-refractivity contribution in [2.45, 2.75) is 26.3 Å². The highest BCUT2D eigenvalue weighted by atomic mass is 35.5. The van der Waals surface area contributed by atoms with Crippen LogP contribution in [-0.2, 0) is 14.3 Å². The maximum atomic E-state index is 13.2. The molecule has 0 spiro atoms. The monoisotopic (exact) mass is 534 g/mol. The number of amides is 1. The van der Waals surface area contributed by atoms with E-state index in [1.165, 1.54) is 0 Å². The number of pyridine rings is 1. The summed E-state index contributed by atoms with van der Waals surface area (Å²) in [5.41, 5.74) is 3.74. The Morgan fingerprint density at radius 1 is 1.11 bits per heavy atom. The van der Waals surface area contributed by atoms with E-state index in [1.807, 2.05) is 25.1 Å². The molecule has 0 saturated carbocycles. The van der Waals surface area contributed by atoms with Gasteiger partial charge in [0.25, 0.3) is 5.91 Å². The Kier molecular flexibility index (Phi) is 8.28. The van der Waals surface area contributed by atoms with Gasteiger partial charge < -0.3 is 20.5 Å². The van der Waals surface area contributed by atoms with E-state index in [1.54, 1.807) is 60.0 Å². The molecule has 1 amide bonds. The first kappa shape index (κ1) is 26.7. The van der Waals surface area contributed by atoms with Crippen LogP contribution in [0.5, 0.6) is 0 Å². The van der Waals surface area contributed by atoms with E-state index in [9.17, 15) is 19.5 Å². The molecule has 38 heavy (non-hydrogen) atoms. The molecule has 10 heteroatoms. The van der Waals surface area contributed by atoms with E-state index in [-0.39, 0.29) is 19.6 Å². The van der Waals surface area contributed by atoms with Gasteiger partial charge in [0.05, 0.1) is 19.1 Å². The predicted octanol–water partition coefficient (Wildman–Crippen LogP) is 4.88. The summed E-state index contributed by atoms with van der Waals surface area (Å²) < 4.78 is 6.75. The molecule has 0 saturated heterocycles. The van der Waals surface area contributed by atoms with Crippen molar-refractivity contribution in [3.05, 3.63) is 88.6 Å². The molecule has 0 radical (unpaired) electrons. The van der Waals surface area contributed by atoms with Gasteiger partial charge in [-0.15, -0.1) is 0 Å². The Hall–Kier alpha value is -4.37. The molecule has 9 nitrogen and oxygen atoms in total. The van der Waals surface area contributed by atoms with Crippen LogP contribution in [0.3, 0.4) is 0 Å². The van der Waals surface area contributed by atoms with Gasteiger partial charge in [-0.2, -0.15) is 0 Å². The second-order valence-corrected chi connectivity index (χ2v) is 9.09. The molecular formula is C28H27ClN4O5. The molecule has 4 rings (SSSR count). The predicted molar refractivity (Wildman–Crippen MR) is 144 cm³/mol. The summed E-state index contributed by atoms with van der Waals surface area (Å²) in [4.78, 5) is 41.4. The first-order valence-corrected chi connectivity index (χ1v) is 12.4. The number of aliphatic carboxylic acids is 1. The number of halogens is 1. The summed E-state index contributed by atoms with van der Waals surface area (Å²) in [6.07, 6.45) is 1.40. The van der Waals surface area contributed by atoms with E-state index in [0.717, 1.165) is 11.1 Å². The van der Waals surface area contributed by atoms with Gasteiger partial charge in [0.2, 0.25) is 0 Å². The first-order valence-electron chi connectivity index (χ1n) is 12.0. The highest BCUT2D eigenvalue weighted by Gasteiger charge is 2.21. The number of ether oxygens (including phenoxy) is 1. The van der Waals surface area contributed by atoms with Crippen LogP contribution in [-0.4, -0.2) is 45.5 Å². The average Bonchev–Trinajstić information content (AvgIpc) is 3.25. The van der Waals surface area contributed by atoms with Crippen LogP contribution in [0.1, 0.15) is 40.9 Å². The second kappa shape index (κ2) is 11.8. The van der Waals surface area contributed by atoms with Crippen molar-refractivity contribution in [2.75, 3.05) is 18.5 Å². The number of nitrogens with zero attached hydrogens (tertiary/aromatic N) is 2. The highest BCUT2D eigenvalue weighted by molar-refractivity contribution is 6.30. The van der Waals surface area contributed by atoms with Crippen molar-refractivity contribution < 1.29 is 24.2 Å². The van der Waals surface area contributed by atoms with Crippen molar-refractivity contribution in [3.8, 4) is 11.3 Å². The molecule has 196 valence electrons. The number of esters is 1. The SMILES string of the molecule is CCOC(=O)CNc1c(-c2cccc(Cl)c2)nc2cc(C(=O)NC(CC(=O)O)c3ccc(C)cc3)ccn12. The summed E-state index contributed by atoms with van der Waals surface area (Å²) in [7, 11) is 0. The van der Waals surface area contributed by atoms with E-state index < -0.39 is 23.9 Å². The van der Waals surface area contributed by atoms with Crippen molar-refractivity contribution in [2.24, 2.45) is 0 Å². The van der Waals surface area contributed by atoms with Gasteiger partial charge in [0.1, 0.15) is 23.7 Å². The number of imidazole rings is 1. The van der Waals surface area contributed by atoms with Crippen molar-refractivity contribution in [1.29, 1.82) is 0 Å². The van der Waals surface area contributed by atoms with E-state index >= 15 is 0 Å². The molecule has 3 N–H and O–H groups in total.